The fourth-order valence-electron chi connectivity index (χ4n) is 3.95. The molecule has 1 N–H and O–H groups in total. The minimum absolute atomic E-state index is 0.0565. The summed E-state index contributed by atoms with van der Waals surface area (Å²) >= 11 is 0. The van der Waals surface area contributed by atoms with Gasteiger partial charge in [-0.25, -0.2) is 14.3 Å². The Labute approximate surface area is 179 Å². The van der Waals surface area contributed by atoms with E-state index in [-0.39, 0.29) is 5.92 Å². The van der Waals surface area contributed by atoms with Crippen LogP contribution in [0.5, 0.6) is 0 Å². The normalized spacial score (nSPS) is 12.0. The van der Waals surface area contributed by atoms with Gasteiger partial charge in [-0.2, -0.15) is 5.10 Å². The van der Waals surface area contributed by atoms with E-state index in [2.05, 4.69) is 51.5 Å². The zero-order chi connectivity index (χ0) is 21.0. The van der Waals surface area contributed by atoms with Crippen LogP contribution in [0.25, 0.3) is 16.8 Å². The molecular weight excluding hydrogens is 388 g/mol. The summed E-state index contributed by atoms with van der Waals surface area (Å²) in [5, 5.41) is 6.97. The minimum atomic E-state index is -0.429. The molecule has 2 aromatic carbocycles. The van der Waals surface area contributed by atoms with Gasteiger partial charge in [-0.05, 0) is 28.3 Å². The van der Waals surface area contributed by atoms with E-state index in [0.717, 1.165) is 11.2 Å². The molecule has 1 aliphatic rings. The smallest absolute Gasteiger partial charge is 0.407 e. The Morgan fingerprint density at radius 1 is 1.06 bits per heavy atom. The van der Waals surface area contributed by atoms with Crippen molar-refractivity contribution in [1.29, 1.82) is 0 Å². The Kier molecular flexibility index (Phi) is 5.07. The highest BCUT2D eigenvalue weighted by Gasteiger charge is 2.28. The summed E-state index contributed by atoms with van der Waals surface area (Å²) in [6.45, 7) is 0.718. The number of benzene rings is 2. The van der Waals surface area contributed by atoms with Crippen LogP contribution in [0.1, 0.15) is 29.0 Å². The van der Waals surface area contributed by atoms with Gasteiger partial charge in [-0.1, -0.05) is 60.4 Å². The van der Waals surface area contributed by atoms with Gasteiger partial charge in [0.15, 0.2) is 5.65 Å². The molecule has 4 aromatic rings. The van der Waals surface area contributed by atoms with Crippen LogP contribution < -0.4 is 5.32 Å². The highest BCUT2D eigenvalue weighted by Crippen LogP contribution is 2.44. The third-order valence-electron chi connectivity index (χ3n) is 5.37. The molecule has 2 aromatic heterocycles. The molecule has 1 aliphatic carbocycles. The molecule has 0 spiro atoms. The summed E-state index contributed by atoms with van der Waals surface area (Å²) in [5.74, 6) is 6.15. The molecule has 5 rings (SSSR count). The predicted molar refractivity (Wildman–Crippen MR) is 118 cm³/mol. The number of nitrogens with zero attached hydrogens (tertiary/aromatic N) is 3. The van der Waals surface area contributed by atoms with E-state index in [1.54, 1.807) is 16.9 Å². The van der Waals surface area contributed by atoms with Gasteiger partial charge in [-0.15, -0.1) is 0 Å². The van der Waals surface area contributed by atoms with Crippen LogP contribution in [0.3, 0.4) is 0 Å². The number of hydrogen-bond acceptors (Lipinski definition) is 4. The summed E-state index contributed by atoms with van der Waals surface area (Å²) in [4.78, 5) is 16.5. The molecule has 31 heavy (non-hydrogen) atoms. The van der Waals surface area contributed by atoms with Crippen molar-refractivity contribution in [3.63, 3.8) is 0 Å². The van der Waals surface area contributed by atoms with E-state index >= 15 is 0 Å². The molecule has 0 fully saturated rings. The number of hydrogen-bond donors (Lipinski definition) is 1. The molecule has 6 nitrogen and oxygen atoms in total. The molecule has 0 atom stereocenters. The number of carbonyl (C=O) groups is 1. The molecule has 0 unspecified atom stereocenters. The first kappa shape index (κ1) is 18.9. The number of fused-ring (bicyclic) bond motifs is 4. The lowest BCUT2D eigenvalue weighted by Gasteiger charge is -2.14. The summed E-state index contributed by atoms with van der Waals surface area (Å²) in [5.41, 5.74) is 6.31. The molecule has 0 aliphatic heterocycles. The van der Waals surface area contributed by atoms with E-state index < -0.39 is 6.09 Å². The molecule has 0 saturated carbocycles. The molecule has 1 amide bonds. The van der Waals surface area contributed by atoms with Crippen molar-refractivity contribution in [2.24, 2.45) is 0 Å². The topological polar surface area (TPSA) is 68.5 Å². The van der Waals surface area contributed by atoms with Crippen molar-refractivity contribution in [3.05, 3.63) is 89.9 Å². The van der Waals surface area contributed by atoms with Gasteiger partial charge in [0, 0.05) is 31.3 Å². The largest absolute Gasteiger partial charge is 0.449 e. The molecule has 0 saturated heterocycles. The molecule has 2 heterocycles. The lowest BCUT2D eigenvalue weighted by molar-refractivity contribution is 0.143. The fraction of sp³-hybridized carbons (Fsp3) is 0.160. The average molecular weight is 408 g/mol. The number of ether oxygens (including phenoxy) is 1. The predicted octanol–water partition coefficient (Wildman–Crippen LogP) is 4.01. The first-order valence-corrected chi connectivity index (χ1v) is 10.2. The third-order valence-corrected chi connectivity index (χ3v) is 5.37. The summed E-state index contributed by atoms with van der Waals surface area (Å²) < 4.78 is 7.21. The summed E-state index contributed by atoms with van der Waals surface area (Å²) in [6, 6.07) is 18.4. The fourth-order valence-corrected chi connectivity index (χ4v) is 3.95. The third kappa shape index (κ3) is 3.74. The maximum atomic E-state index is 12.2. The Balaban J connectivity index is 1.15. The highest BCUT2D eigenvalue weighted by atomic mass is 16.5. The van der Waals surface area contributed by atoms with Crippen molar-refractivity contribution in [1.82, 2.24) is 19.9 Å². The van der Waals surface area contributed by atoms with Gasteiger partial charge in [0.1, 0.15) is 6.61 Å². The van der Waals surface area contributed by atoms with Crippen LogP contribution in [0, 0.1) is 11.8 Å². The number of carbonyl (C=O) groups excluding carboxylic acids is 1. The van der Waals surface area contributed by atoms with Gasteiger partial charge in [-0.3, -0.25) is 0 Å². The van der Waals surface area contributed by atoms with E-state index in [0.29, 0.717) is 19.6 Å². The Morgan fingerprint density at radius 3 is 2.58 bits per heavy atom. The zero-order valence-corrected chi connectivity index (χ0v) is 16.8. The van der Waals surface area contributed by atoms with E-state index in [4.69, 9.17) is 4.74 Å². The van der Waals surface area contributed by atoms with Gasteiger partial charge < -0.3 is 10.1 Å². The average Bonchev–Trinajstić information content (AvgIpc) is 3.37. The number of aromatic nitrogens is 3. The first-order chi connectivity index (χ1) is 15.3. The van der Waals surface area contributed by atoms with Gasteiger partial charge in [0.05, 0.1) is 11.8 Å². The standard InChI is InChI=1S/C25H20N4O2/c30-25(27-13-6-5-8-18-16-28-29-15-7-14-26-24(18)29)31-17-23-21-11-3-1-9-19(21)20-10-2-4-12-22(20)23/h1-4,7,9-12,14-16,23H,6,13,17H2,(H,27,30). The van der Waals surface area contributed by atoms with Gasteiger partial charge >= 0.3 is 6.09 Å². The van der Waals surface area contributed by atoms with E-state index in [9.17, 15) is 4.79 Å². The number of amides is 1. The molecular formula is C25H20N4O2. The van der Waals surface area contributed by atoms with Crippen molar-refractivity contribution in [3.8, 4) is 23.0 Å². The van der Waals surface area contributed by atoms with Crippen LogP contribution in [-0.4, -0.2) is 33.8 Å². The van der Waals surface area contributed by atoms with E-state index in [1.807, 2.05) is 36.5 Å². The maximum Gasteiger partial charge on any atom is 0.407 e. The lowest BCUT2D eigenvalue weighted by atomic mass is 9.98. The van der Waals surface area contributed by atoms with Crippen LogP contribution in [0.2, 0.25) is 0 Å². The van der Waals surface area contributed by atoms with Crippen LogP contribution in [0.15, 0.2) is 73.2 Å². The van der Waals surface area contributed by atoms with Crippen molar-refractivity contribution in [2.45, 2.75) is 12.3 Å². The van der Waals surface area contributed by atoms with Crippen LogP contribution in [-0.2, 0) is 4.74 Å². The van der Waals surface area contributed by atoms with Crippen LogP contribution in [0.4, 0.5) is 4.79 Å². The van der Waals surface area contributed by atoms with Gasteiger partial charge in [0.2, 0.25) is 0 Å². The minimum Gasteiger partial charge on any atom is -0.449 e. The summed E-state index contributed by atoms with van der Waals surface area (Å²) in [7, 11) is 0. The Morgan fingerprint density at radius 2 is 1.81 bits per heavy atom. The van der Waals surface area contributed by atoms with Gasteiger partial charge in [0.25, 0.3) is 0 Å². The molecule has 152 valence electrons. The molecule has 0 bridgehead atoms. The lowest BCUT2D eigenvalue weighted by Crippen LogP contribution is -2.26. The second-order valence-electron chi connectivity index (χ2n) is 7.25. The second-order valence-corrected chi connectivity index (χ2v) is 7.25. The van der Waals surface area contributed by atoms with Crippen molar-refractivity contribution < 1.29 is 9.53 Å². The highest BCUT2D eigenvalue weighted by molar-refractivity contribution is 5.79. The maximum absolute atomic E-state index is 12.2. The van der Waals surface area contributed by atoms with Crippen molar-refractivity contribution >= 4 is 11.7 Å². The van der Waals surface area contributed by atoms with E-state index in [1.165, 1.54) is 22.3 Å². The second kappa shape index (κ2) is 8.33. The Hall–Kier alpha value is -4.11. The SMILES string of the molecule is O=C(NCCC#Cc1cnn2cccnc12)OCC1c2ccccc2-c2ccccc21. The first-order valence-electron chi connectivity index (χ1n) is 10.2. The Bertz CT molecular complexity index is 1270. The van der Waals surface area contributed by atoms with Crippen molar-refractivity contribution in [2.75, 3.05) is 13.2 Å². The molecule has 6 heteroatoms. The van der Waals surface area contributed by atoms with Crippen LogP contribution >= 0.6 is 0 Å². The number of nitrogens with one attached hydrogen (secondary N) is 1. The quantitative estimate of drug-likeness (QED) is 0.409. The molecule has 0 radical (unpaired) electrons. The number of alkyl carbamates (subject to hydrolysis) is 1. The zero-order valence-electron chi connectivity index (χ0n) is 16.8. The monoisotopic (exact) mass is 408 g/mol. The summed E-state index contributed by atoms with van der Waals surface area (Å²) in [6.07, 6.45) is 5.30. The number of rotatable bonds is 4.